The number of para-hydroxylation sites is 1. The summed E-state index contributed by atoms with van der Waals surface area (Å²) in [5, 5.41) is 2.05. The standard InChI is InChI=1S/C52H36N2O2/c1-52(2)44-22-11-9-20-40(44)42-31-39(28-29-45(42)52)54(38-19-13-18-36(30-38)33-14-5-3-6-15-33)37-26-24-34(25-27-37)48-49-47(56-51(53-49)35-16-7-4-8-17-35)32-43-41-21-10-12-23-46(41)55-50(43)48/h3-32H,1-2H3. The predicted octanol–water partition coefficient (Wildman–Crippen LogP) is 14.5. The Morgan fingerprint density at radius 1 is 0.446 bits per heavy atom. The van der Waals surface area contributed by atoms with E-state index in [9.17, 15) is 0 Å². The number of rotatable bonds is 6. The molecule has 1 aliphatic rings. The molecule has 8 aromatic carbocycles. The zero-order valence-electron chi connectivity index (χ0n) is 31.0. The Hall–Kier alpha value is -7.17. The summed E-state index contributed by atoms with van der Waals surface area (Å²) in [5.41, 5.74) is 16.8. The van der Waals surface area contributed by atoms with Crippen molar-refractivity contribution in [2.75, 3.05) is 4.90 Å². The van der Waals surface area contributed by atoms with Gasteiger partial charge in [0, 0.05) is 38.8 Å². The van der Waals surface area contributed by atoms with E-state index in [1.807, 2.05) is 48.5 Å². The summed E-state index contributed by atoms with van der Waals surface area (Å²) in [6.45, 7) is 4.66. The summed E-state index contributed by atoms with van der Waals surface area (Å²) in [7, 11) is 0. The van der Waals surface area contributed by atoms with E-state index in [4.69, 9.17) is 13.8 Å². The molecule has 0 fully saturated rings. The van der Waals surface area contributed by atoms with Gasteiger partial charge in [-0.15, -0.1) is 0 Å². The molecule has 0 bridgehead atoms. The van der Waals surface area contributed by atoms with Crippen molar-refractivity contribution in [2.24, 2.45) is 0 Å². The van der Waals surface area contributed by atoms with E-state index < -0.39 is 0 Å². The first-order valence-corrected chi connectivity index (χ1v) is 19.1. The number of fused-ring (bicyclic) bond motifs is 7. The third kappa shape index (κ3) is 5.03. The summed E-state index contributed by atoms with van der Waals surface area (Å²) in [6, 6.07) is 64.3. The highest BCUT2D eigenvalue weighted by Gasteiger charge is 2.35. The number of benzene rings is 8. The van der Waals surface area contributed by atoms with Crippen molar-refractivity contribution in [3.8, 4) is 44.8 Å². The zero-order valence-corrected chi connectivity index (χ0v) is 31.0. The number of anilines is 3. The van der Waals surface area contributed by atoms with Crippen LogP contribution in [0.3, 0.4) is 0 Å². The maximum Gasteiger partial charge on any atom is 0.227 e. The summed E-state index contributed by atoms with van der Waals surface area (Å²) in [6.07, 6.45) is 0. The minimum absolute atomic E-state index is 0.0747. The summed E-state index contributed by atoms with van der Waals surface area (Å²) < 4.78 is 13.1. The average molecular weight is 721 g/mol. The maximum atomic E-state index is 6.63. The summed E-state index contributed by atoms with van der Waals surface area (Å²) in [5.74, 6) is 0.585. The van der Waals surface area contributed by atoms with Crippen LogP contribution < -0.4 is 4.90 Å². The third-order valence-corrected chi connectivity index (χ3v) is 11.5. The van der Waals surface area contributed by atoms with E-state index in [-0.39, 0.29) is 5.41 Å². The molecule has 0 atom stereocenters. The molecule has 0 unspecified atom stereocenters. The Labute approximate surface area is 324 Å². The second-order valence-electron chi connectivity index (χ2n) is 15.2. The Kier molecular flexibility index (Phi) is 7.17. The van der Waals surface area contributed by atoms with Gasteiger partial charge in [-0.1, -0.05) is 135 Å². The fraction of sp³-hybridized carbons (Fsp3) is 0.0577. The molecule has 1 aliphatic carbocycles. The molecule has 11 rings (SSSR count). The average Bonchev–Trinajstić information content (AvgIpc) is 3.91. The number of hydrogen-bond acceptors (Lipinski definition) is 4. The van der Waals surface area contributed by atoms with Gasteiger partial charge >= 0.3 is 0 Å². The van der Waals surface area contributed by atoms with Gasteiger partial charge in [0.05, 0.1) is 5.56 Å². The highest BCUT2D eigenvalue weighted by molar-refractivity contribution is 6.16. The van der Waals surface area contributed by atoms with Crippen LogP contribution in [0.15, 0.2) is 191 Å². The molecule has 10 aromatic rings. The Morgan fingerprint density at radius 2 is 1.11 bits per heavy atom. The minimum Gasteiger partial charge on any atom is -0.455 e. The van der Waals surface area contributed by atoms with Gasteiger partial charge < -0.3 is 13.7 Å². The summed E-state index contributed by atoms with van der Waals surface area (Å²) >= 11 is 0. The molecule has 2 heterocycles. The topological polar surface area (TPSA) is 42.4 Å². The molecule has 0 saturated heterocycles. The lowest BCUT2D eigenvalue weighted by molar-refractivity contribution is 0.620. The van der Waals surface area contributed by atoms with E-state index in [0.717, 1.165) is 72.4 Å². The Bertz CT molecular complexity index is 3100. The third-order valence-electron chi connectivity index (χ3n) is 11.5. The molecule has 0 amide bonds. The van der Waals surface area contributed by atoms with Gasteiger partial charge in [0.15, 0.2) is 5.58 Å². The molecular formula is C52H36N2O2. The number of hydrogen-bond donors (Lipinski definition) is 0. The van der Waals surface area contributed by atoms with Crippen molar-refractivity contribution in [2.45, 2.75) is 19.3 Å². The molecule has 4 heteroatoms. The quantitative estimate of drug-likeness (QED) is 0.171. The molecule has 0 spiro atoms. The SMILES string of the molecule is CC1(C)c2ccccc2-c2cc(N(c3ccc(-c4c5nc(-c6ccccc6)oc5cc5c4oc4ccccc45)cc3)c3cccc(-c4ccccc4)c3)ccc21. The number of oxazole rings is 1. The first-order valence-electron chi connectivity index (χ1n) is 19.1. The van der Waals surface area contributed by atoms with Gasteiger partial charge in [-0.05, 0) is 99.6 Å². The number of aromatic nitrogens is 1. The van der Waals surface area contributed by atoms with E-state index in [1.54, 1.807) is 0 Å². The van der Waals surface area contributed by atoms with Crippen LogP contribution in [0, 0.1) is 0 Å². The van der Waals surface area contributed by atoms with E-state index in [0.29, 0.717) is 5.89 Å². The molecule has 4 nitrogen and oxygen atoms in total. The van der Waals surface area contributed by atoms with Crippen LogP contribution in [0.25, 0.3) is 77.9 Å². The lowest BCUT2D eigenvalue weighted by Gasteiger charge is -2.27. The zero-order chi connectivity index (χ0) is 37.4. The van der Waals surface area contributed by atoms with Crippen LogP contribution in [0.5, 0.6) is 0 Å². The lowest BCUT2D eigenvalue weighted by atomic mass is 9.82. The van der Waals surface area contributed by atoms with Crippen molar-refractivity contribution in [3.63, 3.8) is 0 Å². The highest BCUT2D eigenvalue weighted by Crippen LogP contribution is 2.51. The van der Waals surface area contributed by atoms with Gasteiger partial charge in [0.2, 0.25) is 5.89 Å². The normalized spacial score (nSPS) is 13.0. The van der Waals surface area contributed by atoms with Crippen molar-refractivity contribution >= 4 is 50.1 Å². The smallest absolute Gasteiger partial charge is 0.227 e. The van der Waals surface area contributed by atoms with Gasteiger partial charge in [-0.3, -0.25) is 0 Å². The molecular weight excluding hydrogens is 685 g/mol. The summed E-state index contributed by atoms with van der Waals surface area (Å²) in [4.78, 5) is 7.46. The van der Waals surface area contributed by atoms with E-state index >= 15 is 0 Å². The van der Waals surface area contributed by atoms with Gasteiger partial charge in [-0.25, -0.2) is 4.98 Å². The monoisotopic (exact) mass is 720 g/mol. The molecule has 56 heavy (non-hydrogen) atoms. The molecule has 2 aromatic heterocycles. The van der Waals surface area contributed by atoms with E-state index in [1.165, 1.54) is 27.8 Å². The van der Waals surface area contributed by atoms with Crippen molar-refractivity contribution in [1.82, 2.24) is 4.98 Å². The van der Waals surface area contributed by atoms with Crippen molar-refractivity contribution in [1.29, 1.82) is 0 Å². The number of furan rings is 1. The van der Waals surface area contributed by atoms with E-state index in [2.05, 4.69) is 152 Å². The van der Waals surface area contributed by atoms with Crippen LogP contribution in [0.2, 0.25) is 0 Å². The highest BCUT2D eigenvalue weighted by atomic mass is 16.4. The molecule has 0 radical (unpaired) electrons. The predicted molar refractivity (Wildman–Crippen MR) is 230 cm³/mol. The van der Waals surface area contributed by atoms with Crippen molar-refractivity contribution in [3.05, 3.63) is 193 Å². The molecule has 0 saturated carbocycles. The van der Waals surface area contributed by atoms with Crippen LogP contribution in [0.1, 0.15) is 25.0 Å². The molecule has 0 N–H and O–H groups in total. The Balaban J connectivity index is 1.10. The van der Waals surface area contributed by atoms with Crippen LogP contribution in [-0.2, 0) is 5.41 Å². The molecule has 266 valence electrons. The maximum absolute atomic E-state index is 6.63. The first kappa shape index (κ1) is 32.3. The lowest BCUT2D eigenvalue weighted by Crippen LogP contribution is -2.15. The van der Waals surface area contributed by atoms with Gasteiger partial charge in [0.1, 0.15) is 16.7 Å². The van der Waals surface area contributed by atoms with Gasteiger partial charge in [-0.2, -0.15) is 0 Å². The van der Waals surface area contributed by atoms with Crippen LogP contribution in [-0.4, -0.2) is 4.98 Å². The Morgan fingerprint density at radius 3 is 1.93 bits per heavy atom. The fourth-order valence-corrected chi connectivity index (χ4v) is 8.74. The molecule has 0 aliphatic heterocycles. The second-order valence-corrected chi connectivity index (χ2v) is 15.2. The van der Waals surface area contributed by atoms with Crippen molar-refractivity contribution < 1.29 is 8.83 Å². The van der Waals surface area contributed by atoms with Crippen LogP contribution >= 0.6 is 0 Å². The van der Waals surface area contributed by atoms with Crippen LogP contribution in [0.4, 0.5) is 17.1 Å². The minimum atomic E-state index is -0.0747. The number of nitrogens with zero attached hydrogens (tertiary/aromatic N) is 2. The largest absolute Gasteiger partial charge is 0.455 e. The first-order chi connectivity index (χ1) is 27.5. The van der Waals surface area contributed by atoms with Gasteiger partial charge in [0.25, 0.3) is 0 Å². The second kappa shape index (κ2) is 12.4. The fourth-order valence-electron chi connectivity index (χ4n) is 8.74.